The van der Waals surface area contributed by atoms with Crippen LogP contribution >= 0.6 is 0 Å². The van der Waals surface area contributed by atoms with Gasteiger partial charge >= 0.3 is 0 Å². The molecule has 1 amide bonds. The maximum atomic E-state index is 12.8. The summed E-state index contributed by atoms with van der Waals surface area (Å²) < 4.78 is 0. The van der Waals surface area contributed by atoms with Crippen molar-refractivity contribution in [3.05, 3.63) is 17.0 Å². The zero-order valence-corrected chi connectivity index (χ0v) is 13.2. The van der Waals surface area contributed by atoms with Crippen LogP contribution in [-0.2, 0) is 17.8 Å². The molecule has 1 aromatic heterocycles. The van der Waals surface area contributed by atoms with Gasteiger partial charge in [0.2, 0.25) is 5.91 Å². The summed E-state index contributed by atoms with van der Waals surface area (Å²) in [6.45, 7) is 9.61. The lowest BCUT2D eigenvalue weighted by atomic mass is 10.0. The van der Waals surface area contributed by atoms with Crippen LogP contribution in [0.2, 0.25) is 0 Å². The molecule has 3 heterocycles. The number of nitrogens with zero attached hydrogens (tertiary/aromatic N) is 4. The van der Waals surface area contributed by atoms with Gasteiger partial charge in [0.15, 0.2) is 0 Å². The predicted molar refractivity (Wildman–Crippen MR) is 81.0 cm³/mol. The van der Waals surface area contributed by atoms with Gasteiger partial charge in [0.05, 0.1) is 11.7 Å². The second kappa shape index (κ2) is 5.77. The highest BCUT2D eigenvalue weighted by Gasteiger charge is 2.30. The molecule has 1 aromatic rings. The molecule has 1 fully saturated rings. The van der Waals surface area contributed by atoms with Crippen molar-refractivity contribution in [2.45, 2.75) is 32.9 Å². The molecule has 2 aliphatic heterocycles. The predicted octanol–water partition coefficient (Wildman–Crippen LogP) is 0.239. The third kappa shape index (κ3) is 2.82. The molecule has 0 unspecified atom stereocenters. The van der Waals surface area contributed by atoms with Crippen LogP contribution in [0.25, 0.3) is 0 Å². The first-order valence-electron chi connectivity index (χ1n) is 7.80. The first-order chi connectivity index (χ1) is 10.1. The van der Waals surface area contributed by atoms with E-state index in [1.54, 1.807) is 0 Å². The molecule has 1 atom stereocenters. The largest absolute Gasteiger partial charge is 0.336 e. The Morgan fingerprint density at radius 2 is 1.95 bits per heavy atom. The number of carbonyl (C=O) groups excluding carboxylic acids is 1. The summed E-state index contributed by atoms with van der Waals surface area (Å²) in [6.07, 6.45) is 0.862. The molecule has 0 saturated carbocycles. The van der Waals surface area contributed by atoms with E-state index in [4.69, 9.17) is 0 Å². The SMILES string of the molecule is Cc1[nH]nc2c1CN(C(=O)[C@@H](C)N1CCN(C)CC1)CC2. The molecule has 21 heavy (non-hydrogen) atoms. The summed E-state index contributed by atoms with van der Waals surface area (Å²) in [7, 11) is 2.14. The number of hydrogen-bond donors (Lipinski definition) is 1. The molecule has 6 nitrogen and oxygen atoms in total. The summed E-state index contributed by atoms with van der Waals surface area (Å²) >= 11 is 0. The fourth-order valence-corrected chi connectivity index (χ4v) is 3.25. The Balaban J connectivity index is 1.64. The van der Waals surface area contributed by atoms with Crippen molar-refractivity contribution >= 4 is 5.91 Å². The van der Waals surface area contributed by atoms with Crippen LogP contribution in [0.15, 0.2) is 0 Å². The molecule has 6 heteroatoms. The van der Waals surface area contributed by atoms with Crippen molar-refractivity contribution in [3.63, 3.8) is 0 Å². The number of nitrogens with one attached hydrogen (secondary N) is 1. The molecule has 116 valence electrons. The Morgan fingerprint density at radius 3 is 2.67 bits per heavy atom. The second-order valence-corrected chi connectivity index (χ2v) is 6.30. The van der Waals surface area contributed by atoms with Gasteiger partial charge in [-0.3, -0.25) is 14.8 Å². The van der Waals surface area contributed by atoms with Crippen LogP contribution in [-0.4, -0.2) is 76.6 Å². The number of fused-ring (bicyclic) bond motifs is 1. The zero-order chi connectivity index (χ0) is 15.0. The minimum absolute atomic E-state index is 0.0209. The first-order valence-corrected chi connectivity index (χ1v) is 7.80. The third-order valence-electron chi connectivity index (χ3n) is 4.88. The van der Waals surface area contributed by atoms with Gasteiger partial charge in [0, 0.05) is 56.9 Å². The zero-order valence-electron chi connectivity index (χ0n) is 13.2. The van der Waals surface area contributed by atoms with Gasteiger partial charge in [-0.15, -0.1) is 0 Å². The number of aromatic nitrogens is 2. The monoisotopic (exact) mass is 291 g/mol. The number of H-pyrrole nitrogens is 1. The number of likely N-dealkylation sites (N-methyl/N-ethyl adjacent to an activating group) is 1. The average molecular weight is 291 g/mol. The normalized spacial score (nSPS) is 22.1. The maximum absolute atomic E-state index is 12.8. The van der Waals surface area contributed by atoms with Crippen LogP contribution in [0.1, 0.15) is 23.9 Å². The van der Waals surface area contributed by atoms with Crippen molar-refractivity contribution < 1.29 is 4.79 Å². The molecular formula is C15H25N5O. The van der Waals surface area contributed by atoms with E-state index in [9.17, 15) is 4.79 Å². The first kappa shape index (κ1) is 14.5. The van der Waals surface area contributed by atoms with Crippen LogP contribution in [0.5, 0.6) is 0 Å². The molecule has 0 spiro atoms. The van der Waals surface area contributed by atoms with Crippen molar-refractivity contribution in [1.82, 2.24) is 24.9 Å². The van der Waals surface area contributed by atoms with Gasteiger partial charge < -0.3 is 9.80 Å². The van der Waals surface area contributed by atoms with Gasteiger partial charge in [0.25, 0.3) is 0 Å². The number of rotatable bonds is 2. The molecule has 3 rings (SSSR count). The second-order valence-electron chi connectivity index (χ2n) is 6.30. The molecular weight excluding hydrogens is 266 g/mol. The van der Waals surface area contributed by atoms with Crippen molar-refractivity contribution in [3.8, 4) is 0 Å². The number of aromatic amines is 1. The molecule has 0 radical (unpaired) electrons. The summed E-state index contributed by atoms with van der Waals surface area (Å²) in [6, 6.07) is -0.0209. The van der Waals surface area contributed by atoms with Crippen molar-refractivity contribution in [2.75, 3.05) is 39.8 Å². The topological polar surface area (TPSA) is 55.5 Å². The summed E-state index contributed by atoms with van der Waals surface area (Å²) in [5.74, 6) is 0.255. The maximum Gasteiger partial charge on any atom is 0.239 e. The molecule has 2 aliphatic rings. The Labute approximate surface area is 126 Å². The molecule has 1 saturated heterocycles. The van der Waals surface area contributed by atoms with Crippen LogP contribution in [0, 0.1) is 6.92 Å². The lowest BCUT2D eigenvalue weighted by Gasteiger charge is -2.38. The number of amides is 1. The highest BCUT2D eigenvalue weighted by Crippen LogP contribution is 2.21. The average Bonchev–Trinajstić information content (AvgIpc) is 2.87. The third-order valence-corrected chi connectivity index (χ3v) is 4.88. The van der Waals surface area contributed by atoms with Crippen LogP contribution < -0.4 is 0 Å². The van der Waals surface area contributed by atoms with Crippen LogP contribution in [0.3, 0.4) is 0 Å². The summed E-state index contributed by atoms with van der Waals surface area (Å²) in [5, 5.41) is 7.35. The van der Waals surface area contributed by atoms with Crippen LogP contribution in [0.4, 0.5) is 0 Å². The van der Waals surface area contributed by atoms with Gasteiger partial charge in [-0.1, -0.05) is 0 Å². The number of aryl methyl sites for hydroxylation is 1. The number of carbonyl (C=O) groups is 1. The smallest absolute Gasteiger partial charge is 0.239 e. The van der Waals surface area contributed by atoms with Gasteiger partial charge in [0.1, 0.15) is 0 Å². The van der Waals surface area contributed by atoms with E-state index >= 15 is 0 Å². The Bertz CT molecular complexity index is 518. The highest BCUT2D eigenvalue weighted by molar-refractivity contribution is 5.81. The van der Waals surface area contributed by atoms with E-state index in [-0.39, 0.29) is 11.9 Å². The molecule has 1 N–H and O–H groups in total. The summed E-state index contributed by atoms with van der Waals surface area (Å²) in [4.78, 5) is 19.4. The Hall–Kier alpha value is -1.40. The van der Waals surface area contributed by atoms with E-state index in [0.717, 1.165) is 50.5 Å². The van der Waals surface area contributed by atoms with Crippen molar-refractivity contribution in [1.29, 1.82) is 0 Å². The lowest BCUT2D eigenvalue weighted by Crippen LogP contribution is -2.54. The lowest BCUT2D eigenvalue weighted by molar-refractivity contribution is -0.138. The van der Waals surface area contributed by atoms with Gasteiger partial charge in [-0.25, -0.2) is 0 Å². The molecule has 0 aromatic carbocycles. The highest BCUT2D eigenvalue weighted by atomic mass is 16.2. The number of hydrogen-bond acceptors (Lipinski definition) is 4. The quantitative estimate of drug-likeness (QED) is 0.848. The van der Waals surface area contributed by atoms with E-state index < -0.39 is 0 Å². The van der Waals surface area contributed by atoms with E-state index in [2.05, 4.69) is 27.0 Å². The number of piperazine rings is 1. The van der Waals surface area contributed by atoms with Crippen molar-refractivity contribution in [2.24, 2.45) is 0 Å². The Kier molecular flexibility index (Phi) is 3.99. The Morgan fingerprint density at radius 1 is 1.24 bits per heavy atom. The molecule has 0 aliphatic carbocycles. The fourth-order valence-electron chi connectivity index (χ4n) is 3.25. The standard InChI is InChI=1S/C15H25N5O/c1-11-13-10-20(5-4-14(13)17-16-11)15(21)12(2)19-8-6-18(3)7-9-19/h12H,4-10H2,1-3H3,(H,16,17)/t12-/m1/s1. The van der Waals surface area contributed by atoms with Gasteiger partial charge in [-0.05, 0) is 20.9 Å². The summed E-state index contributed by atoms with van der Waals surface area (Å²) in [5.41, 5.74) is 3.43. The van der Waals surface area contributed by atoms with E-state index in [1.165, 1.54) is 5.56 Å². The van der Waals surface area contributed by atoms with E-state index in [0.29, 0.717) is 6.54 Å². The minimum Gasteiger partial charge on any atom is -0.336 e. The minimum atomic E-state index is -0.0209. The fraction of sp³-hybridized carbons (Fsp3) is 0.733. The molecule has 0 bridgehead atoms. The van der Waals surface area contributed by atoms with Gasteiger partial charge in [-0.2, -0.15) is 5.10 Å². The van der Waals surface area contributed by atoms with E-state index in [1.807, 2.05) is 18.7 Å².